The predicted octanol–water partition coefficient (Wildman–Crippen LogP) is 4.23. The average molecular weight is 312 g/mol. The van der Waals surface area contributed by atoms with Crippen LogP contribution in [0.4, 0.5) is 10.1 Å². The monoisotopic (exact) mass is 311 g/mol. The van der Waals surface area contributed by atoms with E-state index in [9.17, 15) is 19.6 Å². The second-order valence-corrected chi connectivity index (χ2v) is 4.74. The Hall–Kier alpha value is -2.18. The van der Waals surface area contributed by atoms with Crippen LogP contribution in [0.25, 0.3) is 0 Å². The van der Waals surface area contributed by atoms with Crippen LogP contribution in [0.15, 0.2) is 36.4 Å². The van der Waals surface area contributed by atoms with Crippen LogP contribution in [0.1, 0.15) is 18.6 Å². The van der Waals surface area contributed by atoms with Crippen LogP contribution < -0.4 is 4.74 Å². The molecule has 0 aliphatic heterocycles. The molecule has 7 heteroatoms. The van der Waals surface area contributed by atoms with Gasteiger partial charge in [0.1, 0.15) is 11.6 Å². The van der Waals surface area contributed by atoms with E-state index in [1.54, 1.807) is 0 Å². The summed E-state index contributed by atoms with van der Waals surface area (Å²) in [5.74, 6) is -0.789. The van der Waals surface area contributed by atoms with Crippen LogP contribution in [-0.4, -0.2) is 10.0 Å². The fourth-order valence-corrected chi connectivity index (χ4v) is 2.01. The number of nitro groups is 1. The summed E-state index contributed by atoms with van der Waals surface area (Å²) in [5.41, 5.74) is -0.382. The Kier molecular flexibility index (Phi) is 4.40. The predicted molar refractivity (Wildman–Crippen MR) is 75.2 cm³/mol. The lowest BCUT2D eigenvalue weighted by Crippen LogP contribution is -2.01. The Morgan fingerprint density at radius 1 is 1.33 bits per heavy atom. The lowest BCUT2D eigenvalue weighted by Gasteiger charge is -2.14. The van der Waals surface area contributed by atoms with Crippen LogP contribution in [0.2, 0.25) is 5.02 Å². The Bertz CT molecular complexity index is 691. The molecule has 0 heterocycles. The topological polar surface area (TPSA) is 72.6 Å². The number of benzene rings is 2. The lowest BCUT2D eigenvalue weighted by molar-refractivity contribution is -0.385. The van der Waals surface area contributed by atoms with E-state index in [1.165, 1.54) is 43.3 Å². The van der Waals surface area contributed by atoms with Crippen LogP contribution in [0.5, 0.6) is 11.5 Å². The molecule has 0 bridgehead atoms. The molecule has 5 nitrogen and oxygen atoms in total. The first-order chi connectivity index (χ1) is 9.90. The molecule has 110 valence electrons. The van der Waals surface area contributed by atoms with Crippen LogP contribution >= 0.6 is 11.6 Å². The molecular weight excluding hydrogens is 301 g/mol. The lowest BCUT2D eigenvalue weighted by atomic mass is 10.1. The number of hydrogen-bond acceptors (Lipinski definition) is 4. The minimum atomic E-state index is -1.13. The number of aliphatic hydroxyl groups is 1. The highest BCUT2D eigenvalue weighted by molar-refractivity contribution is 6.30. The largest absolute Gasteiger partial charge is 0.450 e. The molecule has 2 rings (SSSR count). The number of aliphatic hydroxyl groups excluding tert-OH is 1. The number of halogens is 2. The molecule has 1 unspecified atom stereocenters. The standard InChI is InChI=1S/C14H11ClFNO4/c1-8(18)14-10(16)3-2-4-12(14)21-13-7-9(15)5-6-11(13)17(19)20/h2-8,18H,1H3. The number of nitro benzene ring substituents is 1. The van der Waals surface area contributed by atoms with Gasteiger partial charge in [0.25, 0.3) is 0 Å². The molecule has 0 aliphatic rings. The van der Waals surface area contributed by atoms with Gasteiger partial charge < -0.3 is 9.84 Å². The zero-order valence-electron chi connectivity index (χ0n) is 10.9. The molecule has 21 heavy (non-hydrogen) atoms. The van der Waals surface area contributed by atoms with E-state index in [0.717, 1.165) is 0 Å². The van der Waals surface area contributed by atoms with E-state index < -0.39 is 16.8 Å². The maximum absolute atomic E-state index is 13.7. The molecule has 1 atom stereocenters. The van der Waals surface area contributed by atoms with Crippen molar-refractivity contribution in [2.75, 3.05) is 0 Å². The molecule has 2 aromatic carbocycles. The minimum absolute atomic E-state index is 0.00429. The first kappa shape index (κ1) is 15.2. The molecular formula is C14H11ClFNO4. The third kappa shape index (κ3) is 3.29. The third-order valence-electron chi connectivity index (χ3n) is 2.77. The second-order valence-electron chi connectivity index (χ2n) is 4.30. The first-order valence-electron chi connectivity index (χ1n) is 5.98. The van der Waals surface area contributed by atoms with Gasteiger partial charge in [0.2, 0.25) is 5.75 Å². The van der Waals surface area contributed by atoms with Crippen molar-refractivity contribution >= 4 is 17.3 Å². The summed E-state index contributed by atoms with van der Waals surface area (Å²) in [7, 11) is 0. The summed E-state index contributed by atoms with van der Waals surface area (Å²) in [5, 5.41) is 20.8. The summed E-state index contributed by atoms with van der Waals surface area (Å²) in [6.45, 7) is 1.37. The summed E-state index contributed by atoms with van der Waals surface area (Å²) in [6.07, 6.45) is -1.13. The van der Waals surface area contributed by atoms with Gasteiger partial charge in [-0.1, -0.05) is 17.7 Å². The summed E-state index contributed by atoms with van der Waals surface area (Å²) in [4.78, 5) is 10.3. The van der Waals surface area contributed by atoms with Gasteiger partial charge in [-0.2, -0.15) is 0 Å². The van der Waals surface area contributed by atoms with E-state index in [2.05, 4.69) is 0 Å². The van der Waals surface area contributed by atoms with Gasteiger partial charge >= 0.3 is 5.69 Å². The summed E-state index contributed by atoms with van der Waals surface area (Å²) >= 11 is 5.80. The van der Waals surface area contributed by atoms with Gasteiger partial charge in [-0.3, -0.25) is 10.1 Å². The third-order valence-corrected chi connectivity index (χ3v) is 3.00. The molecule has 0 aromatic heterocycles. The van der Waals surface area contributed by atoms with Gasteiger partial charge in [-0.05, 0) is 25.1 Å². The summed E-state index contributed by atoms with van der Waals surface area (Å²) < 4.78 is 19.1. The Morgan fingerprint density at radius 2 is 2.05 bits per heavy atom. The summed E-state index contributed by atoms with van der Waals surface area (Å²) in [6, 6.07) is 7.77. The SMILES string of the molecule is CC(O)c1c(F)cccc1Oc1cc(Cl)ccc1[N+](=O)[O-]. The number of ether oxygens (including phenoxy) is 1. The van der Waals surface area contributed by atoms with E-state index >= 15 is 0 Å². The van der Waals surface area contributed by atoms with Gasteiger partial charge in [0.05, 0.1) is 16.6 Å². The van der Waals surface area contributed by atoms with Crippen molar-refractivity contribution in [2.45, 2.75) is 13.0 Å². The minimum Gasteiger partial charge on any atom is -0.450 e. The first-order valence-corrected chi connectivity index (χ1v) is 6.36. The highest BCUT2D eigenvalue weighted by atomic mass is 35.5. The van der Waals surface area contributed by atoms with Crippen molar-refractivity contribution in [3.8, 4) is 11.5 Å². The Morgan fingerprint density at radius 3 is 2.67 bits per heavy atom. The fourth-order valence-electron chi connectivity index (χ4n) is 1.85. The number of rotatable bonds is 4. The molecule has 0 radical (unpaired) electrons. The van der Waals surface area contributed by atoms with Crippen molar-refractivity contribution in [1.82, 2.24) is 0 Å². The van der Waals surface area contributed by atoms with Crippen LogP contribution in [0, 0.1) is 15.9 Å². The van der Waals surface area contributed by atoms with Crippen molar-refractivity contribution in [1.29, 1.82) is 0 Å². The zero-order chi connectivity index (χ0) is 15.6. The van der Waals surface area contributed by atoms with E-state index in [1.807, 2.05) is 0 Å². The molecule has 0 amide bonds. The molecule has 0 fully saturated rings. The van der Waals surface area contributed by atoms with Crippen molar-refractivity contribution in [3.05, 3.63) is 62.9 Å². The molecule has 2 aromatic rings. The van der Waals surface area contributed by atoms with Gasteiger partial charge in [0, 0.05) is 17.2 Å². The van der Waals surface area contributed by atoms with Crippen molar-refractivity contribution in [3.63, 3.8) is 0 Å². The highest BCUT2D eigenvalue weighted by Crippen LogP contribution is 2.37. The van der Waals surface area contributed by atoms with Crippen molar-refractivity contribution < 1.29 is 19.2 Å². The molecule has 0 aliphatic carbocycles. The van der Waals surface area contributed by atoms with Crippen LogP contribution in [-0.2, 0) is 0 Å². The van der Waals surface area contributed by atoms with Crippen molar-refractivity contribution in [2.24, 2.45) is 0 Å². The van der Waals surface area contributed by atoms with E-state index in [4.69, 9.17) is 16.3 Å². The Balaban J connectivity index is 2.50. The van der Waals surface area contributed by atoms with Gasteiger partial charge in [-0.25, -0.2) is 4.39 Å². The Labute approximate surface area is 124 Å². The smallest absolute Gasteiger partial charge is 0.311 e. The highest BCUT2D eigenvalue weighted by Gasteiger charge is 2.20. The maximum Gasteiger partial charge on any atom is 0.311 e. The fraction of sp³-hybridized carbons (Fsp3) is 0.143. The number of nitrogens with zero attached hydrogens (tertiary/aromatic N) is 1. The van der Waals surface area contributed by atoms with Crippen LogP contribution in [0.3, 0.4) is 0 Å². The maximum atomic E-state index is 13.7. The zero-order valence-corrected chi connectivity index (χ0v) is 11.7. The van der Waals surface area contributed by atoms with E-state index in [-0.39, 0.29) is 27.8 Å². The molecule has 1 N–H and O–H groups in total. The van der Waals surface area contributed by atoms with Gasteiger partial charge in [-0.15, -0.1) is 0 Å². The van der Waals surface area contributed by atoms with Gasteiger partial charge in [0.15, 0.2) is 0 Å². The van der Waals surface area contributed by atoms with E-state index in [0.29, 0.717) is 0 Å². The molecule has 0 saturated carbocycles. The molecule has 0 spiro atoms. The number of hydrogen-bond donors (Lipinski definition) is 1. The quantitative estimate of drug-likeness (QED) is 0.677. The normalized spacial score (nSPS) is 12.0. The second kappa shape index (κ2) is 6.07. The molecule has 0 saturated heterocycles. The average Bonchev–Trinajstić information content (AvgIpc) is 2.37.